The third kappa shape index (κ3) is 4.61. The number of nitrogens with one attached hydrogen (secondary N) is 1. The Morgan fingerprint density at radius 1 is 1.00 bits per heavy atom. The fraction of sp³-hybridized carbons (Fsp3) is 0.0588. The van der Waals surface area contributed by atoms with Gasteiger partial charge in [-0.3, -0.25) is 4.72 Å². The molecule has 3 aromatic rings. The van der Waals surface area contributed by atoms with Gasteiger partial charge in [0.15, 0.2) is 10.9 Å². The molecule has 2 aromatic heterocycles. The first-order chi connectivity index (χ1) is 13.2. The van der Waals surface area contributed by atoms with E-state index in [0.29, 0.717) is 5.56 Å². The van der Waals surface area contributed by atoms with E-state index in [0.717, 1.165) is 0 Å². The number of aryl methyl sites for hydroxylation is 1. The van der Waals surface area contributed by atoms with Crippen LogP contribution >= 0.6 is 46.4 Å². The normalized spacial score (nSPS) is 11.3. The predicted octanol–water partition coefficient (Wildman–Crippen LogP) is 5.99. The number of nitrogens with zero attached hydrogens (tertiary/aromatic N) is 2. The van der Waals surface area contributed by atoms with Crippen LogP contribution in [0.4, 0.5) is 5.69 Å². The lowest BCUT2D eigenvalue weighted by Crippen LogP contribution is -2.14. The van der Waals surface area contributed by atoms with Crippen molar-refractivity contribution in [3.05, 3.63) is 68.5 Å². The van der Waals surface area contributed by atoms with Gasteiger partial charge in [0.1, 0.15) is 5.69 Å². The van der Waals surface area contributed by atoms with Crippen molar-refractivity contribution in [2.24, 2.45) is 0 Å². The summed E-state index contributed by atoms with van der Waals surface area (Å²) >= 11 is 23.8. The summed E-state index contributed by atoms with van der Waals surface area (Å²) in [4.78, 5) is 7.90. The largest absolute Gasteiger partial charge is 0.433 e. The predicted molar refractivity (Wildman–Crippen MR) is 111 cm³/mol. The average Bonchev–Trinajstić information content (AvgIpc) is 2.62. The SMILES string of the molecule is Cc1ccnc(Cl)c1Oc1ncc(Cl)cc1NS(=O)(=O)c1ccc(Cl)c(Cl)c1. The summed E-state index contributed by atoms with van der Waals surface area (Å²) in [7, 11) is -4.02. The van der Waals surface area contributed by atoms with Crippen LogP contribution in [0.3, 0.4) is 0 Å². The fourth-order valence-electron chi connectivity index (χ4n) is 2.16. The smallest absolute Gasteiger partial charge is 0.262 e. The summed E-state index contributed by atoms with van der Waals surface area (Å²) in [6.07, 6.45) is 2.83. The quantitative estimate of drug-likeness (QED) is 0.455. The molecule has 0 fully saturated rings. The van der Waals surface area contributed by atoms with Gasteiger partial charge in [0.2, 0.25) is 5.88 Å². The highest BCUT2D eigenvalue weighted by Gasteiger charge is 2.20. The molecule has 0 unspecified atom stereocenters. The van der Waals surface area contributed by atoms with E-state index in [1.54, 1.807) is 13.0 Å². The van der Waals surface area contributed by atoms with E-state index in [1.807, 2.05) is 0 Å². The molecule has 0 saturated heterocycles. The molecular weight excluding hydrogens is 468 g/mol. The Balaban J connectivity index is 2.00. The topological polar surface area (TPSA) is 81.2 Å². The first-order valence-corrected chi connectivity index (χ1v) is 10.6. The monoisotopic (exact) mass is 477 g/mol. The van der Waals surface area contributed by atoms with Gasteiger partial charge in [0.25, 0.3) is 10.0 Å². The Hall–Kier alpha value is -1.77. The van der Waals surface area contributed by atoms with Crippen LogP contribution in [-0.4, -0.2) is 18.4 Å². The molecule has 0 spiro atoms. The molecule has 1 N–H and O–H groups in total. The third-order valence-electron chi connectivity index (χ3n) is 3.52. The Morgan fingerprint density at radius 3 is 2.43 bits per heavy atom. The molecule has 2 heterocycles. The second kappa shape index (κ2) is 8.31. The lowest BCUT2D eigenvalue weighted by Gasteiger charge is -2.14. The number of halogens is 4. The Bertz CT molecular complexity index is 1140. The summed E-state index contributed by atoms with van der Waals surface area (Å²) in [5.41, 5.74) is 0.702. The molecule has 11 heteroatoms. The van der Waals surface area contributed by atoms with Crippen molar-refractivity contribution in [1.82, 2.24) is 9.97 Å². The van der Waals surface area contributed by atoms with Crippen molar-refractivity contribution in [3.63, 3.8) is 0 Å². The summed E-state index contributed by atoms with van der Waals surface area (Å²) in [6.45, 7) is 1.76. The van der Waals surface area contributed by atoms with Gasteiger partial charge in [-0.15, -0.1) is 0 Å². The van der Waals surface area contributed by atoms with Crippen molar-refractivity contribution >= 4 is 62.1 Å². The van der Waals surface area contributed by atoms with Crippen molar-refractivity contribution in [3.8, 4) is 11.6 Å². The number of hydrogen-bond acceptors (Lipinski definition) is 5. The number of anilines is 1. The van der Waals surface area contributed by atoms with Crippen LogP contribution in [0.5, 0.6) is 11.6 Å². The zero-order valence-corrected chi connectivity index (χ0v) is 17.9. The zero-order valence-electron chi connectivity index (χ0n) is 14.1. The van der Waals surface area contributed by atoms with Crippen molar-refractivity contribution in [2.45, 2.75) is 11.8 Å². The molecule has 6 nitrogen and oxygen atoms in total. The first kappa shape index (κ1) is 21.0. The van der Waals surface area contributed by atoms with Crippen molar-refractivity contribution < 1.29 is 13.2 Å². The van der Waals surface area contributed by atoms with E-state index < -0.39 is 10.0 Å². The number of ether oxygens (including phenoxy) is 1. The maximum Gasteiger partial charge on any atom is 0.262 e. The molecule has 0 aliphatic heterocycles. The Morgan fingerprint density at radius 2 is 1.75 bits per heavy atom. The molecule has 0 aliphatic rings. The Kier molecular flexibility index (Phi) is 6.21. The van der Waals surface area contributed by atoms with Gasteiger partial charge in [-0.25, -0.2) is 18.4 Å². The van der Waals surface area contributed by atoms with Crippen molar-refractivity contribution in [2.75, 3.05) is 4.72 Å². The maximum absolute atomic E-state index is 12.7. The average molecular weight is 479 g/mol. The lowest BCUT2D eigenvalue weighted by atomic mass is 10.3. The van der Waals surface area contributed by atoms with Gasteiger partial charge in [0.05, 0.1) is 20.0 Å². The van der Waals surface area contributed by atoms with Gasteiger partial charge in [-0.2, -0.15) is 0 Å². The minimum atomic E-state index is -4.02. The van der Waals surface area contributed by atoms with E-state index in [2.05, 4.69) is 14.7 Å². The van der Waals surface area contributed by atoms with Gasteiger partial charge >= 0.3 is 0 Å². The standard InChI is InChI=1S/C17H11Cl4N3O3S/c1-9-4-5-22-16(21)15(9)27-17-14(6-10(18)8-23-17)24-28(25,26)11-2-3-12(19)13(20)7-11/h2-8,24H,1H3. The highest BCUT2D eigenvalue weighted by atomic mass is 35.5. The second-order valence-electron chi connectivity index (χ2n) is 5.54. The second-order valence-corrected chi connectivity index (χ2v) is 8.83. The fourth-order valence-corrected chi connectivity index (χ4v) is 4.00. The van der Waals surface area contributed by atoms with Crippen molar-refractivity contribution in [1.29, 1.82) is 0 Å². The molecule has 0 bridgehead atoms. The molecule has 0 radical (unpaired) electrons. The van der Waals surface area contributed by atoms with Crippen LogP contribution in [0.2, 0.25) is 20.2 Å². The van der Waals surface area contributed by atoms with E-state index in [1.165, 1.54) is 36.7 Å². The highest BCUT2D eigenvalue weighted by molar-refractivity contribution is 7.92. The Labute approximate surface area is 181 Å². The van der Waals surface area contributed by atoms with E-state index in [9.17, 15) is 8.42 Å². The molecular formula is C17H11Cl4N3O3S. The zero-order chi connectivity index (χ0) is 20.5. The number of pyridine rings is 2. The van der Waals surface area contributed by atoms with Gasteiger partial charge in [-0.05, 0) is 42.8 Å². The summed E-state index contributed by atoms with van der Waals surface area (Å²) < 4.78 is 33.6. The number of sulfonamides is 1. The molecule has 1 aromatic carbocycles. The van der Waals surface area contributed by atoms with E-state index >= 15 is 0 Å². The van der Waals surface area contributed by atoms with Crippen LogP contribution < -0.4 is 9.46 Å². The van der Waals surface area contributed by atoms with Crippen LogP contribution in [0.25, 0.3) is 0 Å². The van der Waals surface area contributed by atoms with Gasteiger partial charge < -0.3 is 4.74 Å². The molecule has 0 saturated carbocycles. The van der Waals surface area contributed by atoms with E-state index in [-0.39, 0.29) is 42.4 Å². The number of aromatic nitrogens is 2. The summed E-state index contributed by atoms with van der Waals surface area (Å²) in [6, 6.07) is 6.98. The van der Waals surface area contributed by atoms with Crippen LogP contribution in [0.15, 0.2) is 47.6 Å². The van der Waals surface area contributed by atoms with Gasteiger partial charge in [-0.1, -0.05) is 46.4 Å². The lowest BCUT2D eigenvalue weighted by molar-refractivity contribution is 0.460. The molecule has 28 heavy (non-hydrogen) atoms. The number of rotatable bonds is 5. The molecule has 146 valence electrons. The van der Waals surface area contributed by atoms with Crippen LogP contribution in [0.1, 0.15) is 5.56 Å². The molecule has 0 aliphatic carbocycles. The van der Waals surface area contributed by atoms with E-state index in [4.69, 9.17) is 51.1 Å². The minimum absolute atomic E-state index is 0.0119. The third-order valence-corrected chi connectivity index (χ3v) is 6.10. The summed E-state index contributed by atoms with van der Waals surface area (Å²) in [5.74, 6) is 0.194. The van der Waals surface area contributed by atoms with Crippen LogP contribution in [-0.2, 0) is 10.0 Å². The summed E-state index contributed by atoms with van der Waals surface area (Å²) in [5, 5.41) is 0.641. The molecule has 3 rings (SSSR count). The first-order valence-electron chi connectivity index (χ1n) is 7.60. The number of hydrogen-bond donors (Lipinski definition) is 1. The van der Waals surface area contributed by atoms with Crippen LogP contribution in [0, 0.1) is 6.92 Å². The number of benzene rings is 1. The maximum atomic E-state index is 12.7. The minimum Gasteiger partial charge on any atom is -0.433 e. The molecule has 0 amide bonds. The highest BCUT2D eigenvalue weighted by Crippen LogP contribution is 2.36. The molecule has 0 atom stereocenters. The van der Waals surface area contributed by atoms with Gasteiger partial charge in [0, 0.05) is 12.4 Å².